The zero-order valence-electron chi connectivity index (χ0n) is 5.36. The first-order valence-corrected chi connectivity index (χ1v) is 3.54. The highest BCUT2D eigenvalue weighted by molar-refractivity contribution is 7.80. The van der Waals surface area contributed by atoms with E-state index >= 15 is 0 Å². The molecule has 4 nitrogen and oxygen atoms in total. The Kier molecular flexibility index (Phi) is 21.3. The lowest BCUT2D eigenvalue weighted by Crippen LogP contribution is -1.85. The van der Waals surface area contributed by atoms with Crippen LogP contribution in [0.5, 0.6) is 0 Å². The number of alkyl halides is 1. The van der Waals surface area contributed by atoms with Crippen molar-refractivity contribution in [1.29, 1.82) is 0 Å². The van der Waals surface area contributed by atoms with Gasteiger partial charge >= 0.3 is 0 Å². The van der Waals surface area contributed by atoms with Crippen molar-refractivity contribution in [2.24, 2.45) is 0 Å². The van der Waals surface area contributed by atoms with Crippen LogP contribution < -0.4 is 0 Å². The van der Waals surface area contributed by atoms with E-state index in [9.17, 15) is 0 Å². The molecule has 0 rings (SSSR count). The van der Waals surface area contributed by atoms with Crippen LogP contribution in [-0.4, -0.2) is 35.8 Å². The van der Waals surface area contributed by atoms with Crippen molar-refractivity contribution < 1.29 is 19.7 Å². The molecule has 0 saturated carbocycles. The fourth-order valence-corrected chi connectivity index (χ4v) is 0.226. The third-order valence-electron chi connectivity index (χ3n) is 0.351. The van der Waals surface area contributed by atoms with Crippen LogP contribution in [0.25, 0.3) is 0 Å². The van der Waals surface area contributed by atoms with Crippen molar-refractivity contribution in [2.75, 3.05) is 25.6 Å². The van der Waals surface area contributed by atoms with E-state index in [4.69, 9.17) is 21.8 Å². The summed E-state index contributed by atoms with van der Waals surface area (Å²) in [5.41, 5.74) is 0. The topological polar surface area (TPSA) is 58.9 Å². The van der Waals surface area contributed by atoms with E-state index in [1.807, 2.05) is 0 Å². The molecule has 0 radical (unpaired) electrons. The Labute approximate surface area is 70.1 Å². The van der Waals surface area contributed by atoms with E-state index in [0.717, 1.165) is 0 Å². The molecule has 0 atom stereocenters. The molecule has 0 aromatic heterocycles. The lowest BCUT2D eigenvalue weighted by molar-refractivity contribution is 0.0220. The van der Waals surface area contributed by atoms with Gasteiger partial charge in [0.25, 0.3) is 0 Å². The van der Waals surface area contributed by atoms with Crippen molar-refractivity contribution in [3.05, 3.63) is 0 Å². The van der Waals surface area contributed by atoms with E-state index in [0.29, 0.717) is 0 Å². The molecule has 0 bridgehead atoms. The molecule has 0 spiro atoms. The Balaban J connectivity index is 0. The fraction of sp³-hybridized carbons (Fsp3) is 1.00. The molecule has 6 heteroatoms. The zero-order valence-corrected chi connectivity index (χ0v) is 7.01. The number of aliphatic hydroxyl groups is 2. The normalized spacial score (nSPS) is 8.40. The number of hydrogen-bond acceptors (Lipinski definition) is 5. The highest BCUT2D eigenvalue weighted by Crippen LogP contribution is 1.71. The monoisotopic (exact) mass is 190 g/mol. The van der Waals surface area contributed by atoms with E-state index in [2.05, 4.69) is 22.1 Å². The molecule has 0 fully saturated rings. The van der Waals surface area contributed by atoms with Gasteiger partial charge in [0.05, 0.1) is 5.94 Å². The summed E-state index contributed by atoms with van der Waals surface area (Å²) in [5, 5.41) is 15.6. The first kappa shape index (κ1) is 13.1. The van der Waals surface area contributed by atoms with Gasteiger partial charge in [0.15, 0.2) is 0 Å². The van der Waals surface area contributed by atoms with Crippen molar-refractivity contribution in [3.63, 3.8) is 0 Å². The van der Waals surface area contributed by atoms with Crippen LogP contribution in [-0.2, 0) is 9.47 Å². The molecule has 10 heavy (non-hydrogen) atoms. The predicted octanol–water partition coefficient (Wildman–Crippen LogP) is -0.0108. The minimum absolute atomic E-state index is 0.0660. The lowest BCUT2D eigenvalue weighted by Gasteiger charge is -1.85. The second-order valence-corrected chi connectivity index (χ2v) is 1.38. The third-order valence-corrected chi connectivity index (χ3v) is 0.688. The molecule has 0 aromatic rings. The summed E-state index contributed by atoms with van der Waals surface area (Å²) in [5.74, 6) is 0.288. The van der Waals surface area contributed by atoms with E-state index < -0.39 is 0 Å². The average Bonchev–Trinajstić information content (AvgIpc) is 1.93. The summed E-state index contributed by atoms with van der Waals surface area (Å²) in [6.45, 7) is -0.521. The van der Waals surface area contributed by atoms with Gasteiger partial charge in [-0.2, -0.15) is 12.6 Å². The Morgan fingerprint density at radius 3 is 1.70 bits per heavy atom. The molecule has 64 valence electrons. The number of ether oxygens (including phenoxy) is 2. The van der Waals surface area contributed by atoms with Gasteiger partial charge in [0.2, 0.25) is 0 Å². The molecule has 0 saturated heterocycles. The van der Waals surface area contributed by atoms with Gasteiger partial charge in [-0.1, -0.05) is 11.6 Å². The molecule has 0 aliphatic carbocycles. The first-order chi connectivity index (χ1) is 4.83. The van der Waals surface area contributed by atoms with E-state index in [-0.39, 0.29) is 25.6 Å². The fourth-order valence-electron chi connectivity index (χ4n) is 0.0753. The molecule has 0 amide bonds. The van der Waals surface area contributed by atoms with Gasteiger partial charge in [-0.05, 0) is 0 Å². The Hall–Kier alpha value is 0.480. The van der Waals surface area contributed by atoms with Gasteiger partial charge in [-0.15, -0.1) is 0 Å². The van der Waals surface area contributed by atoms with Crippen molar-refractivity contribution in [2.45, 2.75) is 0 Å². The second-order valence-electron chi connectivity index (χ2n) is 0.905. The molecule has 0 aliphatic heterocycles. The quantitative estimate of drug-likeness (QED) is 0.332. The summed E-state index contributed by atoms with van der Waals surface area (Å²) in [6, 6.07) is 0.0660. The predicted molar refractivity (Wildman–Crippen MR) is 40.9 cm³/mol. The van der Waals surface area contributed by atoms with Crippen molar-refractivity contribution in [3.8, 4) is 0 Å². The van der Waals surface area contributed by atoms with Crippen molar-refractivity contribution in [1.82, 2.24) is 0 Å². The van der Waals surface area contributed by atoms with Crippen molar-refractivity contribution >= 4 is 24.2 Å². The largest absolute Gasteiger partial charge is 0.371 e. The van der Waals surface area contributed by atoms with Crippen LogP contribution in [0, 0.1) is 0 Å². The Bertz CT molecular complexity index is 38.2. The summed E-state index contributed by atoms with van der Waals surface area (Å²) >= 11 is 8.54. The SMILES string of the molecule is OCOCCl.OCOCS. The molecule has 0 heterocycles. The van der Waals surface area contributed by atoms with Crippen LogP contribution >= 0.6 is 24.2 Å². The summed E-state index contributed by atoms with van der Waals surface area (Å²) in [7, 11) is 0. The lowest BCUT2D eigenvalue weighted by atomic mass is 11.4. The molecular formula is C4H11ClO4S. The van der Waals surface area contributed by atoms with Crippen LogP contribution in [0.2, 0.25) is 0 Å². The highest BCUT2D eigenvalue weighted by atomic mass is 35.5. The third kappa shape index (κ3) is 23.6. The summed E-state index contributed by atoms with van der Waals surface area (Å²) in [4.78, 5) is 0. The smallest absolute Gasteiger partial charge is 0.145 e. The first-order valence-electron chi connectivity index (χ1n) is 2.37. The maximum absolute atomic E-state index is 7.80. The van der Waals surface area contributed by atoms with Crippen LogP contribution in [0.1, 0.15) is 0 Å². The van der Waals surface area contributed by atoms with E-state index in [1.54, 1.807) is 0 Å². The standard InChI is InChI=1S/C2H5ClO2.C2H6O2S/c3-1-5-2-4;3-1-4-2-5/h4H,1-2H2;3,5H,1-2H2. The highest BCUT2D eigenvalue weighted by Gasteiger charge is 1.67. The van der Waals surface area contributed by atoms with Gasteiger partial charge in [-0.25, -0.2) is 0 Å². The second kappa shape index (κ2) is 16.2. The number of hydrogen-bond donors (Lipinski definition) is 3. The van der Waals surface area contributed by atoms with Gasteiger partial charge < -0.3 is 19.7 Å². The minimum atomic E-state index is -0.288. The van der Waals surface area contributed by atoms with Gasteiger partial charge in [0.1, 0.15) is 19.7 Å². The summed E-state index contributed by atoms with van der Waals surface area (Å²) in [6.07, 6.45) is 0. The number of aliphatic hydroxyl groups excluding tert-OH is 2. The van der Waals surface area contributed by atoms with Crippen LogP contribution in [0.4, 0.5) is 0 Å². The molecule has 0 aliphatic rings. The number of thiol groups is 1. The molecule has 0 aromatic carbocycles. The minimum Gasteiger partial charge on any atom is -0.371 e. The maximum atomic E-state index is 7.80. The van der Waals surface area contributed by atoms with Gasteiger partial charge in [-0.3, -0.25) is 0 Å². The summed E-state index contributed by atoms with van der Waals surface area (Å²) < 4.78 is 8.41. The zero-order chi connectivity index (χ0) is 8.24. The Morgan fingerprint density at radius 2 is 1.70 bits per heavy atom. The Morgan fingerprint density at radius 1 is 1.20 bits per heavy atom. The molecule has 0 unspecified atom stereocenters. The van der Waals surface area contributed by atoms with Crippen LogP contribution in [0.3, 0.4) is 0 Å². The average molecular weight is 191 g/mol. The molecule has 2 N–H and O–H groups in total. The number of rotatable bonds is 4. The van der Waals surface area contributed by atoms with E-state index in [1.165, 1.54) is 0 Å². The van der Waals surface area contributed by atoms with Gasteiger partial charge in [0, 0.05) is 0 Å². The maximum Gasteiger partial charge on any atom is 0.145 e. The van der Waals surface area contributed by atoms with Crippen LogP contribution in [0.15, 0.2) is 0 Å². The molecular weight excluding hydrogens is 180 g/mol. The number of halogens is 1.